The minimum absolute atomic E-state index is 0.358. The summed E-state index contributed by atoms with van der Waals surface area (Å²) in [6, 6.07) is 6.97. The topological polar surface area (TPSA) is 44.4 Å². The Hall–Kier alpha value is -0.270. The number of nitrogens with one attached hydrogen (secondary N) is 2. The molecule has 2 N–H and O–H groups in total. The first-order valence-electron chi connectivity index (χ1n) is 7.96. The Morgan fingerprint density at radius 1 is 1.16 bits per heavy atom. The van der Waals surface area contributed by atoms with Crippen LogP contribution < -0.4 is 10.6 Å². The van der Waals surface area contributed by atoms with E-state index in [9.17, 15) is 4.79 Å². The Kier molecular flexibility index (Phi) is 8.08. The van der Waals surface area contributed by atoms with Gasteiger partial charge < -0.3 is 15.5 Å². The smallest absolute Gasteiger partial charge is 0.253 e. The van der Waals surface area contributed by atoms with Crippen molar-refractivity contribution in [3.63, 3.8) is 0 Å². The van der Waals surface area contributed by atoms with Crippen LogP contribution in [0.3, 0.4) is 0 Å². The summed E-state index contributed by atoms with van der Waals surface area (Å²) >= 11 is 26.9. The van der Waals surface area contributed by atoms with Crippen LogP contribution in [0.1, 0.15) is 36.0 Å². The number of alkyl halides is 3. The Bertz CT molecular complexity index is 619. The molecule has 2 rings (SSSR count). The lowest BCUT2D eigenvalue weighted by molar-refractivity contribution is 0.0933. The third-order valence-electron chi connectivity index (χ3n) is 3.85. The summed E-state index contributed by atoms with van der Waals surface area (Å²) in [5.41, 5.74) is 0.455. The second kappa shape index (κ2) is 9.60. The van der Waals surface area contributed by atoms with Crippen LogP contribution in [-0.4, -0.2) is 39.0 Å². The lowest BCUT2D eigenvalue weighted by Crippen LogP contribution is -2.58. The minimum atomic E-state index is -1.75. The van der Waals surface area contributed by atoms with Crippen molar-refractivity contribution in [1.29, 1.82) is 0 Å². The van der Waals surface area contributed by atoms with Gasteiger partial charge in [0, 0.05) is 23.1 Å². The highest BCUT2D eigenvalue weighted by Crippen LogP contribution is 2.29. The molecule has 9 heteroatoms. The number of carbonyl (C=O) groups is 1. The van der Waals surface area contributed by atoms with Gasteiger partial charge in [0.05, 0.1) is 0 Å². The molecule has 1 amide bonds. The molecule has 1 aromatic carbocycles. The number of halogens is 4. The molecule has 1 atom stereocenters. The number of thiocarbonyl (C=S) groups is 1. The molecular formula is C16H19BrCl3N3OS. The molecule has 1 heterocycles. The van der Waals surface area contributed by atoms with Gasteiger partial charge in [0.25, 0.3) is 5.91 Å². The second-order valence-electron chi connectivity index (χ2n) is 5.81. The van der Waals surface area contributed by atoms with Gasteiger partial charge in [-0.3, -0.25) is 4.79 Å². The Morgan fingerprint density at radius 3 is 2.36 bits per heavy atom. The predicted molar refractivity (Wildman–Crippen MR) is 111 cm³/mol. The molecule has 25 heavy (non-hydrogen) atoms. The van der Waals surface area contributed by atoms with Crippen molar-refractivity contribution in [2.24, 2.45) is 0 Å². The van der Waals surface area contributed by atoms with E-state index in [0.29, 0.717) is 10.7 Å². The van der Waals surface area contributed by atoms with Gasteiger partial charge in [0.1, 0.15) is 6.17 Å². The van der Waals surface area contributed by atoms with Crippen molar-refractivity contribution in [3.8, 4) is 0 Å². The molecule has 1 aromatic rings. The minimum Gasteiger partial charge on any atom is -0.349 e. The molecule has 1 aliphatic heterocycles. The van der Waals surface area contributed by atoms with Crippen molar-refractivity contribution in [3.05, 3.63) is 34.3 Å². The van der Waals surface area contributed by atoms with Crippen LogP contribution in [-0.2, 0) is 0 Å². The lowest BCUT2D eigenvalue weighted by atomic mass is 10.2. The van der Waals surface area contributed by atoms with Crippen LogP contribution in [0, 0.1) is 0 Å². The van der Waals surface area contributed by atoms with E-state index in [1.807, 2.05) is 6.07 Å². The molecule has 1 fully saturated rings. The molecule has 0 radical (unpaired) electrons. The zero-order valence-corrected chi connectivity index (χ0v) is 18.1. The summed E-state index contributed by atoms with van der Waals surface area (Å²) in [5.74, 6) is -0.358. The zero-order chi connectivity index (χ0) is 18.4. The van der Waals surface area contributed by atoms with E-state index in [1.54, 1.807) is 18.2 Å². The summed E-state index contributed by atoms with van der Waals surface area (Å²) in [6.45, 7) is 1.72. The highest BCUT2D eigenvalue weighted by Gasteiger charge is 2.35. The Morgan fingerprint density at radius 2 is 1.80 bits per heavy atom. The molecule has 0 aromatic heterocycles. The molecule has 138 valence electrons. The maximum absolute atomic E-state index is 12.5. The Balaban J connectivity index is 2.05. The summed E-state index contributed by atoms with van der Waals surface area (Å²) in [4.78, 5) is 14.5. The lowest BCUT2D eigenvalue weighted by Gasteiger charge is -2.31. The first kappa shape index (κ1) is 21.0. The van der Waals surface area contributed by atoms with E-state index in [0.717, 1.165) is 30.4 Å². The van der Waals surface area contributed by atoms with Gasteiger partial charge in [-0.05, 0) is 43.3 Å². The molecule has 4 nitrogen and oxygen atoms in total. The maximum Gasteiger partial charge on any atom is 0.253 e. The van der Waals surface area contributed by atoms with Crippen LogP contribution >= 0.6 is 63.0 Å². The monoisotopic (exact) mass is 485 g/mol. The highest BCUT2D eigenvalue weighted by atomic mass is 79.9. The fourth-order valence-electron chi connectivity index (χ4n) is 2.53. The first-order valence-corrected chi connectivity index (χ1v) is 10.3. The van der Waals surface area contributed by atoms with Crippen LogP contribution in [0.15, 0.2) is 28.7 Å². The van der Waals surface area contributed by atoms with Gasteiger partial charge in [-0.1, -0.05) is 69.6 Å². The summed E-state index contributed by atoms with van der Waals surface area (Å²) in [6.07, 6.45) is 3.58. The number of nitrogens with zero attached hydrogens (tertiary/aromatic N) is 1. The summed E-state index contributed by atoms with van der Waals surface area (Å²) in [5, 5.41) is 6.17. The van der Waals surface area contributed by atoms with Gasteiger partial charge in [-0.2, -0.15) is 0 Å². The molecule has 0 saturated carbocycles. The van der Waals surface area contributed by atoms with E-state index < -0.39 is 9.96 Å². The second-order valence-corrected chi connectivity index (χ2v) is 9.48. The van der Waals surface area contributed by atoms with E-state index >= 15 is 0 Å². The average Bonchev–Trinajstić information content (AvgIpc) is 2.82. The van der Waals surface area contributed by atoms with Crippen LogP contribution in [0.5, 0.6) is 0 Å². The van der Waals surface area contributed by atoms with E-state index in [1.165, 1.54) is 12.8 Å². The zero-order valence-electron chi connectivity index (χ0n) is 13.4. The largest absolute Gasteiger partial charge is 0.349 e. The van der Waals surface area contributed by atoms with Gasteiger partial charge in [0.2, 0.25) is 3.79 Å². The van der Waals surface area contributed by atoms with Gasteiger partial charge in [-0.15, -0.1) is 0 Å². The third kappa shape index (κ3) is 6.75. The number of rotatable bonds is 3. The number of carbonyl (C=O) groups excluding carboxylic acids is 1. The fourth-order valence-corrected chi connectivity index (χ4v) is 3.56. The molecule has 1 unspecified atom stereocenters. The predicted octanol–water partition coefficient (Wildman–Crippen LogP) is 4.63. The van der Waals surface area contributed by atoms with Crippen LogP contribution in [0.2, 0.25) is 0 Å². The Labute approximate surface area is 176 Å². The van der Waals surface area contributed by atoms with Crippen molar-refractivity contribution < 1.29 is 4.79 Å². The standard InChI is InChI=1S/C16H19BrCl3N3OS/c17-12-7-5-6-11(10-12)13(24)21-14(16(18,19)20)22-15(25)23-8-3-1-2-4-9-23/h5-7,10,14H,1-4,8-9H2,(H,21,24)(H,22,25). The summed E-state index contributed by atoms with van der Waals surface area (Å²) < 4.78 is -0.962. The SMILES string of the molecule is O=C(NC(NC(=S)N1CCCCCC1)C(Cl)(Cl)Cl)c1cccc(Br)c1. The van der Waals surface area contributed by atoms with E-state index in [-0.39, 0.29) is 5.91 Å². The molecular weight excluding hydrogens is 469 g/mol. The highest BCUT2D eigenvalue weighted by molar-refractivity contribution is 9.10. The number of hydrogen-bond acceptors (Lipinski definition) is 2. The van der Waals surface area contributed by atoms with Crippen molar-refractivity contribution >= 4 is 74.0 Å². The maximum atomic E-state index is 12.5. The average molecular weight is 488 g/mol. The van der Waals surface area contributed by atoms with Crippen molar-refractivity contribution in [2.75, 3.05) is 13.1 Å². The first-order chi connectivity index (χ1) is 11.8. The van der Waals surface area contributed by atoms with Crippen LogP contribution in [0.4, 0.5) is 0 Å². The molecule has 0 bridgehead atoms. The van der Waals surface area contributed by atoms with E-state index in [4.69, 9.17) is 47.0 Å². The van der Waals surface area contributed by atoms with Gasteiger partial charge >= 0.3 is 0 Å². The molecule has 1 saturated heterocycles. The number of amides is 1. The van der Waals surface area contributed by atoms with Gasteiger partial charge in [0.15, 0.2) is 5.11 Å². The van der Waals surface area contributed by atoms with Crippen molar-refractivity contribution in [2.45, 2.75) is 35.6 Å². The number of likely N-dealkylation sites (tertiary alicyclic amines) is 1. The third-order valence-corrected chi connectivity index (χ3v) is 5.37. The number of hydrogen-bond donors (Lipinski definition) is 2. The molecule has 0 spiro atoms. The normalized spacial score (nSPS) is 16.7. The molecule has 0 aliphatic carbocycles. The van der Waals surface area contributed by atoms with Crippen LogP contribution in [0.25, 0.3) is 0 Å². The van der Waals surface area contributed by atoms with Crippen molar-refractivity contribution in [1.82, 2.24) is 15.5 Å². The summed E-state index contributed by atoms with van der Waals surface area (Å²) in [7, 11) is 0. The fraction of sp³-hybridized carbons (Fsp3) is 0.500. The quantitative estimate of drug-likeness (QED) is 0.371. The van der Waals surface area contributed by atoms with E-state index in [2.05, 4.69) is 31.5 Å². The van der Waals surface area contributed by atoms with Gasteiger partial charge in [-0.25, -0.2) is 0 Å². The number of benzene rings is 1. The molecule has 1 aliphatic rings.